The first-order chi connectivity index (χ1) is 12.0. The second kappa shape index (κ2) is 7.62. The first-order valence-electron chi connectivity index (χ1n) is 8.21. The van der Waals surface area contributed by atoms with Crippen molar-refractivity contribution in [2.75, 3.05) is 18.7 Å². The van der Waals surface area contributed by atoms with Crippen molar-refractivity contribution in [1.82, 2.24) is 0 Å². The summed E-state index contributed by atoms with van der Waals surface area (Å²) in [5.41, 5.74) is 2.16. The minimum Gasteiger partial charge on any atom is -0.465 e. The molecule has 3 rings (SSSR count). The van der Waals surface area contributed by atoms with Crippen molar-refractivity contribution in [1.29, 1.82) is 0 Å². The van der Waals surface area contributed by atoms with E-state index in [1.165, 1.54) is 23.3 Å². The lowest BCUT2D eigenvalue weighted by Gasteiger charge is -2.18. The van der Waals surface area contributed by atoms with Crippen LogP contribution in [0, 0.1) is 5.92 Å². The summed E-state index contributed by atoms with van der Waals surface area (Å²) in [5, 5.41) is 3.54. The SMILES string of the molecule is COC(=O)c1c(NC(=O)c2cccc(SC)c2)sc2c1CC[C@@H](C)C2. The van der Waals surface area contributed by atoms with Crippen molar-refractivity contribution >= 4 is 40.0 Å². The molecule has 0 saturated heterocycles. The first kappa shape index (κ1) is 18.0. The van der Waals surface area contributed by atoms with Gasteiger partial charge in [-0.25, -0.2) is 4.79 Å². The Balaban J connectivity index is 1.93. The number of anilines is 1. The van der Waals surface area contributed by atoms with E-state index in [-0.39, 0.29) is 11.9 Å². The van der Waals surface area contributed by atoms with E-state index in [2.05, 4.69) is 12.2 Å². The molecule has 1 aliphatic rings. The molecule has 132 valence electrons. The highest BCUT2D eigenvalue weighted by Gasteiger charge is 2.29. The topological polar surface area (TPSA) is 55.4 Å². The van der Waals surface area contributed by atoms with Crippen LogP contribution in [0.15, 0.2) is 29.2 Å². The Morgan fingerprint density at radius 3 is 2.88 bits per heavy atom. The standard InChI is InChI=1S/C19H21NO3S2/c1-11-7-8-14-15(9-11)25-18(16(14)19(22)23-2)20-17(21)12-5-4-6-13(10-12)24-3/h4-6,10-11H,7-9H2,1-3H3,(H,20,21)/t11-/m1/s1. The molecule has 0 saturated carbocycles. The second-order valence-corrected chi connectivity index (χ2v) is 8.22. The Labute approximate surface area is 156 Å². The maximum Gasteiger partial charge on any atom is 0.341 e. The summed E-state index contributed by atoms with van der Waals surface area (Å²) >= 11 is 3.09. The molecule has 0 bridgehead atoms. The fourth-order valence-electron chi connectivity index (χ4n) is 3.10. The van der Waals surface area contributed by atoms with E-state index in [1.807, 2.05) is 24.5 Å². The summed E-state index contributed by atoms with van der Waals surface area (Å²) in [7, 11) is 1.38. The monoisotopic (exact) mass is 375 g/mol. The van der Waals surface area contributed by atoms with Crippen LogP contribution in [0.25, 0.3) is 0 Å². The van der Waals surface area contributed by atoms with Crippen molar-refractivity contribution in [2.24, 2.45) is 5.92 Å². The van der Waals surface area contributed by atoms with Crippen LogP contribution in [0.5, 0.6) is 0 Å². The summed E-state index contributed by atoms with van der Waals surface area (Å²) in [5.74, 6) is 0.0198. The number of hydrogen-bond donors (Lipinski definition) is 1. The molecule has 1 amide bonds. The van der Waals surface area contributed by atoms with E-state index in [0.29, 0.717) is 22.0 Å². The average Bonchev–Trinajstić information content (AvgIpc) is 2.97. The minimum absolute atomic E-state index is 0.201. The molecule has 6 heteroatoms. The highest BCUT2D eigenvalue weighted by molar-refractivity contribution is 7.98. The lowest BCUT2D eigenvalue weighted by molar-refractivity contribution is 0.0601. The van der Waals surface area contributed by atoms with E-state index in [1.54, 1.807) is 17.8 Å². The minimum atomic E-state index is -0.375. The molecule has 0 aliphatic heterocycles. The fourth-order valence-corrected chi connectivity index (χ4v) is 4.95. The van der Waals surface area contributed by atoms with Gasteiger partial charge in [-0.2, -0.15) is 0 Å². The highest BCUT2D eigenvalue weighted by atomic mass is 32.2. The van der Waals surface area contributed by atoms with E-state index in [0.717, 1.165) is 29.7 Å². The van der Waals surface area contributed by atoms with Crippen molar-refractivity contribution in [3.05, 3.63) is 45.8 Å². The van der Waals surface area contributed by atoms with Crippen molar-refractivity contribution in [3.8, 4) is 0 Å². The average molecular weight is 376 g/mol. The molecule has 1 aromatic carbocycles. The molecule has 0 unspecified atom stereocenters. The van der Waals surface area contributed by atoms with Gasteiger partial charge in [-0.05, 0) is 55.2 Å². The molecule has 1 aromatic heterocycles. The molecule has 1 N–H and O–H groups in total. The Morgan fingerprint density at radius 2 is 2.16 bits per heavy atom. The number of carbonyl (C=O) groups is 2. The molecule has 0 fully saturated rings. The van der Waals surface area contributed by atoms with E-state index in [4.69, 9.17) is 4.74 Å². The lowest BCUT2D eigenvalue weighted by Crippen LogP contribution is -2.16. The molecule has 1 atom stereocenters. The summed E-state index contributed by atoms with van der Waals surface area (Å²) in [4.78, 5) is 27.2. The summed E-state index contributed by atoms with van der Waals surface area (Å²) < 4.78 is 4.97. The van der Waals surface area contributed by atoms with Crippen molar-refractivity contribution in [2.45, 2.75) is 31.1 Å². The number of fused-ring (bicyclic) bond motifs is 1. The van der Waals surface area contributed by atoms with Crippen LogP contribution in [0.4, 0.5) is 5.00 Å². The van der Waals surface area contributed by atoms with Crippen LogP contribution < -0.4 is 5.32 Å². The Hall–Kier alpha value is -1.79. The van der Waals surface area contributed by atoms with Gasteiger partial charge in [-0.15, -0.1) is 23.1 Å². The van der Waals surface area contributed by atoms with Gasteiger partial charge in [-0.1, -0.05) is 13.0 Å². The Morgan fingerprint density at radius 1 is 1.36 bits per heavy atom. The quantitative estimate of drug-likeness (QED) is 0.625. The van der Waals surface area contributed by atoms with Gasteiger partial charge < -0.3 is 10.1 Å². The number of methoxy groups -OCH3 is 1. The number of rotatable bonds is 4. The number of hydrogen-bond acceptors (Lipinski definition) is 5. The van der Waals surface area contributed by atoms with Crippen LogP contribution in [0.3, 0.4) is 0 Å². The van der Waals surface area contributed by atoms with E-state index >= 15 is 0 Å². The van der Waals surface area contributed by atoms with Crippen LogP contribution in [-0.4, -0.2) is 25.2 Å². The fraction of sp³-hybridized carbons (Fsp3) is 0.368. The van der Waals surface area contributed by atoms with Gasteiger partial charge in [-0.3, -0.25) is 4.79 Å². The smallest absolute Gasteiger partial charge is 0.341 e. The second-order valence-electron chi connectivity index (χ2n) is 6.23. The Kier molecular flexibility index (Phi) is 5.49. The Bertz CT molecular complexity index is 813. The highest BCUT2D eigenvalue weighted by Crippen LogP contribution is 2.40. The molecule has 4 nitrogen and oxygen atoms in total. The van der Waals surface area contributed by atoms with Crippen LogP contribution >= 0.6 is 23.1 Å². The number of benzene rings is 1. The van der Waals surface area contributed by atoms with Gasteiger partial charge in [0.2, 0.25) is 0 Å². The van der Waals surface area contributed by atoms with Gasteiger partial charge in [0.05, 0.1) is 12.7 Å². The zero-order chi connectivity index (χ0) is 18.0. The third kappa shape index (κ3) is 3.75. The molecule has 0 radical (unpaired) electrons. The van der Waals surface area contributed by atoms with Gasteiger partial charge in [0.1, 0.15) is 5.00 Å². The number of nitrogens with one attached hydrogen (secondary N) is 1. The van der Waals surface area contributed by atoms with Crippen molar-refractivity contribution < 1.29 is 14.3 Å². The van der Waals surface area contributed by atoms with Gasteiger partial charge in [0.15, 0.2) is 0 Å². The normalized spacial score (nSPS) is 16.2. The lowest BCUT2D eigenvalue weighted by atomic mass is 9.88. The van der Waals surface area contributed by atoms with Crippen LogP contribution in [0.2, 0.25) is 0 Å². The predicted octanol–water partition coefficient (Wildman–Crippen LogP) is 4.63. The molecular weight excluding hydrogens is 354 g/mol. The largest absolute Gasteiger partial charge is 0.465 e. The number of carbonyl (C=O) groups excluding carboxylic acids is 2. The van der Waals surface area contributed by atoms with Gasteiger partial charge in [0.25, 0.3) is 5.91 Å². The summed E-state index contributed by atoms with van der Waals surface area (Å²) in [6.45, 7) is 2.21. The summed E-state index contributed by atoms with van der Waals surface area (Å²) in [6.07, 6.45) is 4.83. The van der Waals surface area contributed by atoms with E-state index in [9.17, 15) is 9.59 Å². The number of thiophene rings is 1. The first-order valence-corrected chi connectivity index (χ1v) is 10.3. The maximum atomic E-state index is 12.7. The molecular formula is C19H21NO3S2. The molecule has 25 heavy (non-hydrogen) atoms. The zero-order valence-electron chi connectivity index (χ0n) is 14.5. The number of esters is 1. The third-order valence-corrected chi connectivity index (χ3v) is 6.36. The summed E-state index contributed by atoms with van der Waals surface area (Å²) in [6, 6.07) is 7.46. The zero-order valence-corrected chi connectivity index (χ0v) is 16.2. The van der Waals surface area contributed by atoms with E-state index < -0.39 is 0 Å². The third-order valence-electron chi connectivity index (χ3n) is 4.46. The number of thioether (sulfide) groups is 1. The molecule has 2 aromatic rings. The predicted molar refractivity (Wildman–Crippen MR) is 103 cm³/mol. The molecule has 1 heterocycles. The van der Waals surface area contributed by atoms with Gasteiger partial charge in [0, 0.05) is 15.3 Å². The number of ether oxygens (including phenoxy) is 1. The van der Waals surface area contributed by atoms with Crippen molar-refractivity contribution in [3.63, 3.8) is 0 Å². The number of amides is 1. The molecule has 0 spiro atoms. The molecule has 1 aliphatic carbocycles. The van der Waals surface area contributed by atoms with Crippen LogP contribution in [0.1, 0.15) is 44.5 Å². The maximum absolute atomic E-state index is 12.7. The van der Waals surface area contributed by atoms with Gasteiger partial charge >= 0.3 is 5.97 Å². The van der Waals surface area contributed by atoms with Crippen LogP contribution in [-0.2, 0) is 17.6 Å².